The Morgan fingerprint density at radius 1 is 1.23 bits per heavy atom. The van der Waals surface area contributed by atoms with Crippen molar-refractivity contribution in [1.29, 1.82) is 0 Å². The van der Waals surface area contributed by atoms with Crippen LogP contribution in [-0.4, -0.2) is 33.2 Å². The number of carbonyl (C=O) groups excluding carboxylic acids is 1. The Labute approximate surface area is 180 Å². The summed E-state index contributed by atoms with van der Waals surface area (Å²) in [5, 5.41) is 13.4. The molecule has 156 valence electrons. The van der Waals surface area contributed by atoms with Gasteiger partial charge in [0.05, 0.1) is 30.9 Å². The van der Waals surface area contributed by atoms with Gasteiger partial charge in [0.1, 0.15) is 5.69 Å². The Kier molecular flexibility index (Phi) is 6.78. The highest BCUT2D eigenvalue weighted by Crippen LogP contribution is 2.30. The Morgan fingerprint density at radius 2 is 2.10 bits per heavy atom. The van der Waals surface area contributed by atoms with Gasteiger partial charge in [-0.2, -0.15) is 5.10 Å². The van der Waals surface area contributed by atoms with Crippen LogP contribution in [0.5, 0.6) is 0 Å². The number of nitrogens with two attached hydrogens (primary N) is 1. The molecule has 0 aliphatic heterocycles. The van der Waals surface area contributed by atoms with Crippen LogP contribution in [0.3, 0.4) is 0 Å². The molecule has 2 aromatic heterocycles. The van der Waals surface area contributed by atoms with E-state index in [0.717, 1.165) is 42.7 Å². The minimum atomic E-state index is -0.130. The summed E-state index contributed by atoms with van der Waals surface area (Å²) in [5.74, 6) is 0.350. The van der Waals surface area contributed by atoms with Gasteiger partial charge in [-0.05, 0) is 42.9 Å². The van der Waals surface area contributed by atoms with E-state index in [1.165, 1.54) is 0 Å². The van der Waals surface area contributed by atoms with Gasteiger partial charge in [-0.3, -0.25) is 19.6 Å². The molecule has 0 saturated heterocycles. The van der Waals surface area contributed by atoms with E-state index in [0.29, 0.717) is 36.4 Å². The molecule has 4 rings (SSSR count). The van der Waals surface area contributed by atoms with Gasteiger partial charge in [-0.1, -0.05) is 30.3 Å². The van der Waals surface area contributed by atoms with Crippen LogP contribution >= 0.6 is 12.2 Å². The smallest absolute Gasteiger partial charge is 0.216 e. The molecule has 30 heavy (non-hydrogen) atoms. The number of hydrogen-bond acceptors (Lipinski definition) is 7. The van der Waals surface area contributed by atoms with E-state index in [4.69, 9.17) is 9.32 Å². The number of hydrogen-bond donors (Lipinski definition) is 2. The quantitative estimate of drug-likeness (QED) is 0.308. The zero-order valence-electron chi connectivity index (χ0n) is 16.6. The third-order valence-electron chi connectivity index (χ3n) is 5.40. The lowest BCUT2D eigenvalue weighted by Gasteiger charge is -2.16. The molecule has 1 fully saturated rings. The van der Waals surface area contributed by atoms with Crippen LogP contribution in [0, 0.1) is 5.92 Å². The molecule has 7 nitrogen and oxygen atoms in total. The zero-order chi connectivity index (χ0) is 20.8. The van der Waals surface area contributed by atoms with Gasteiger partial charge in [0, 0.05) is 30.3 Å². The van der Waals surface area contributed by atoms with E-state index in [1.54, 1.807) is 23.1 Å². The highest BCUT2D eigenvalue weighted by molar-refractivity contribution is 7.92. The van der Waals surface area contributed by atoms with E-state index in [2.05, 4.69) is 15.4 Å². The van der Waals surface area contributed by atoms with Crippen molar-refractivity contribution in [2.24, 2.45) is 11.1 Å². The Morgan fingerprint density at radius 3 is 2.93 bits per heavy atom. The number of pyridine rings is 1. The predicted molar refractivity (Wildman–Crippen MR) is 118 cm³/mol. The van der Waals surface area contributed by atoms with E-state index >= 15 is 0 Å². The van der Waals surface area contributed by atoms with Crippen LogP contribution in [0.1, 0.15) is 40.9 Å². The first-order valence-electron chi connectivity index (χ1n) is 10.0. The van der Waals surface area contributed by atoms with Crippen molar-refractivity contribution in [3.8, 4) is 0 Å². The number of aromatic nitrogens is 3. The van der Waals surface area contributed by atoms with Gasteiger partial charge in [0.25, 0.3) is 0 Å². The van der Waals surface area contributed by atoms with Crippen LogP contribution in [0.15, 0.2) is 61.1 Å². The van der Waals surface area contributed by atoms with Gasteiger partial charge in [0.2, 0.25) is 5.78 Å². The minimum Gasteiger partial charge on any atom is -0.382 e. The summed E-state index contributed by atoms with van der Waals surface area (Å²) in [6, 6.07) is 14.0. The molecule has 3 N–H and O–H groups in total. The maximum Gasteiger partial charge on any atom is 0.216 e. The number of nitrogens with zero attached hydrogens (tertiary/aromatic N) is 3. The molecule has 1 aliphatic carbocycles. The second-order valence-electron chi connectivity index (χ2n) is 7.54. The first-order chi connectivity index (χ1) is 14.7. The van der Waals surface area contributed by atoms with Crippen LogP contribution in [0.4, 0.5) is 5.69 Å². The highest BCUT2D eigenvalue weighted by Gasteiger charge is 2.26. The van der Waals surface area contributed by atoms with Crippen LogP contribution in [0.25, 0.3) is 0 Å². The SMILES string of the molecule is NSOCC1CCC(Nc2ccncc2C(=O)c2ccn(Cc3ccccc3)n2)C1. The second-order valence-corrected chi connectivity index (χ2v) is 7.96. The average Bonchev–Trinajstić information content (AvgIpc) is 3.42. The highest BCUT2D eigenvalue weighted by atomic mass is 32.2. The number of rotatable bonds is 9. The number of nitrogens with one attached hydrogen (secondary N) is 1. The summed E-state index contributed by atoms with van der Waals surface area (Å²) < 4.78 is 7.05. The van der Waals surface area contributed by atoms with Crippen LogP contribution in [0.2, 0.25) is 0 Å². The van der Waals surface area contributed by atoms with Crippen LogP contribution in [-0.2, 0) is 10.7 Å². The summed E-state index contributed by atoms with van der Waals surface area (Å²) in [4.78, 5) is 17.3. The summed E-state index contributed by atoms with van der Waals surface area (Å²) in [5.41, 5.74) is 2.89. The average molecular weight is 424 g/mol. The van der Waals surface area contributed by atoms with Crippen molar-refractivity contribution in [1.82, 2.24) is 14.8 Å². The van der Waals surface area contributed by atoms with Gasteiger partial charge < -0.3 is 9.50 Å². The lowest BCUT2D eigenvalue weighted by molar-refractivity contribution is 0.103. The third-order valence-corrected chi connectivity index (χ3v) is 5.67. The maximum atomic E-state index is 13.1. The fourth-order valence-electron chi connectivity index (χ4n) is 3.89. The Hall–Kier alpha value is -2.68. The van der Waals surface area contributed by atoms with E-state index in [1.807, 2.05) is 42.6 Å². The van der Waals surface area contributed by atoms with Crippen molar-refractivity contribution in [2.75, 3.05) is 11.9 Å². The normalized spacial score (nSPS) is 18.4. The monoisotopic (exact) mass is 423 g/mol. The molecule has 8 heteroatoms. The van der Waals surface area contributed by atoms with Crippen molar-refractivity contribution in [3.63, 3.8) is 0 Å². The standard InChI is InChI=1S/C22H25N5O2S/c23-30-29-15-17-6-7-18(12-17)25-20-8-10-24-13-19(20)22(28)21-9-11-27(26-21)14-16-4-2-1-3-5-16/h1-5,8-11,13,17-18H,6-7,12,14-15,23H2,(H,24,25). The third kappa shape index (κ3) is 5.08. The first kappa shape index (κ1) is 20.6. The van der Waals surface area contributed by atoms with Crippen molar-refractivity contribution in [3.05, 3.63) is 77.9 Å². The summed E-state index contributed by atoms with van der Waals surface area (Å²) in [6.45, 7) is 1.28. The van der Waals surface area contributed by atoms with E-state index in [-0.39, 0.29) is 5.78 Å². The molecule has 1 saturated carbocycles. The van der Waals surface area contributed by atoms with Gasteiger partial charge >= 0.3 is 0 Å². The molecule has 1 aromatic carbocycles. The van der Waals surface area contributed by atoms with Gasteiger partial charge in [0.15, 0.2) is 0 Å². The topological polar surface area (TPSA) is 95.1 Å². The number of anilines is 1. The van der Waals surface area contributed by atoms with Crippen molar-refractivity contribution >= 4 is 23.7 Å². The molecule has 0 radical (unpaired) electrons. The Bertz CT molecular complexity index is 978. The first-order valence-corrected chi connectivity index (χ1v) is 10.8. The van der Waals surface area contributed by atoms with Crippen LogP contribution < -0.4 is 10.5 Å². The van der Waals surface area contributed by atoms with Crippen molar-refractivity contribution in [2.45, 2.75) is 31.8 Å². The molecule has 2 heterocycles. The molecule has 2 unspecified atom stereocenters. The molecule has 0 bridgehead atoms. The largest absolute Gasteiger partial charge is 0.382 e. The molecule has 0 amide bonds. The number of benzene rings is 1. The molecular formula is C22H25N5O2S. The zero-order valence-corrected chi connectivity index (χ0v) is 17.4. The number of carbonyl (C=O) groups is 1. The molecular weight excluding hydrogens is 398 g/mol. The predicted octanol–water partition coefficient (Wildman–Crippen LogP) is 3.68. The molecule has 3 aromatic rings. The minimum absolute atomic E-state index is 0.130. The Balaban J connectivity index is 1.44. The summed E-state index contributed by atoms with van der Waals surface area (Å²) in [7, 11) is 0. The number of ketones is 1. The lowest BCUT2D eigenvalue weighted by atomic mass is 10.1. The maximum absolute atomic E-state index is 13.1. The molecule has 1 aliphatic rings. The van der Waals surface area contributed by atoms with Gasteiger partial charge in [-0.15, -0.1) is 0 Å². The van der Waals surface area contributed by atoms with E-state index in [9.17, 15) is 4.79 Å². The summed E-state index contributed by atoms with van der Waals surface area (Å²) >= 11 is 0.918. The molecule has 0 spiro atoms. The fourth-order valence-corrected chi connectivity index (χ4v) is 4.16. The van der Waals surface area contributed by atoms with Crippen molar-refractivity contribution < 1.29 is 8.98 Å². The fraction of sp³-hybridized carbons (Fsp3) is 0.318. The summed E-state index contributed by atoms with van der Waals surface area (Å²) in [6.07, 6.45) is 8.25. The second kappa shape index (κ2) is 9.88. The molecule has 2 atom stereocenters. The van der Waals surface area contributed by atoms with Gasteiger partial charge in [-0.25, -0.2) is 0 Å². The van der Waals surface area contributed by atoms with E-state index < -0.39 is 0 Å². The lowest BCUT2D eigenvalue weighted by Crippen LogP contribution is -2.19.